The molecule has 0 spiro atoms. The maximum atomic E-state index is 12.2. The summed E-state index contributed by atoms with van der Waals surface area (Å²) < 4.78 is -0.0780. The lowest BCUT2D eigenvalue weighted by atomic mass is 9.93. The zero-order valence-corrected chi connectivity index (χ0v) is 17.6. The van der Waals surface area contributed by atoms with Crippen LogP contribution in [0.25, 0.3) is 22.0 Å². The summed E-state index contributed by atoms with van der Waals surface area (Å²) in [6.45, 7) is 6.81. The van der Waals surface area contributed by atoms with Crippen molar-refractivity contribution in [3.05, 3.63) is 59.8 Å². The van der Waals surface area contributed by atoms with Gasteiger partial charge in [0.15, 0.2) is 0 Å². The van der Waals surface area contributed by atoms with Crippen molar-refractivity contribution in [3.8, 4) is 11.1 Å². The van der Waals surface area contributed by atoms with Crippen LogP contribution in [0.15, 0.2) is 48.7 Å². The molecule has 2 amide bonds. The second kappa shape index (κ2) is 6.99. The summed E-state index contributed by atoms with van der Waals surface area (Å²) in [7, 11) is 0. The maximum absolute atomic E-state index is 12.2. The normalized spacial score (nSPS) is 21.8. The molecule has 4 rings (SSSR count). The summed E-state index contributed by atoms with van der Waals surface area (Å²) in [5.74, 6) is -0.449. The topological polar surface area (TPSA) is 99.0 Å². The molecule has 3 aromatic rings. The smallest absolute Gasteiger partial charge is 0.257 e. The highest BCUT2D eigenvalue weighted by atomic mass is 16.4. The first-order valence-electron chi connectivity index (χ1n) is 10.2. The van der Waals surface area contributed by atoms with E-state index in [2.05, 4.69) is 11.1 Å². The number of benzene rings is 2. The number of carbonyl (C=O) groups excluding carboxylic acids is 2. The number of carboxylic acid groups (broad SMARTS) is 1. The van der Waals surface area contributed by atoms with Crippen molar-refractivity contribution in [2.75, 3.05) is 13.1 Å². The van der Waals surface area contributed by atoms with Crippen molar-refractivity contribution < 1.29 is 19.2 Å². The van der Waals surface area contributed by atoms with Gasteiger partial charge in [0.25, 0.3) is 12.0 Å². The Labute approximate surface area is 175 Å². The summed E-state index contributed by atoms with van der Waals surface area (Å²) in [5.41, 5.74) is 9.28. The average Bonchev–Trinajstić information content (AvgIpc) is 3.32. The van der Waals surface area contributed by atoms with Crippen molar-refractivity contribution in [2.24, 2.45) is 5.73 Å². The number of hydrogen-bond donors (Lipinski definition) is 2. The zero-order valence-electron chi connectivity index (χ0n) is 17.6. The molecule has 0 radical (unpaired) electrons. The van der Waals surface area contributed by atoms with Gasteiger partial charge in [0, 0.05) is 23.9 Å². The second-order valence-electron chi connectivity index (χ2n) is 9.22. The fourth-order valence-corrected chi connectivity index (χ4v) is 4.82. The molecule has 156 valence electrons. The Kier molecular flexibility index (Phi) is 4.70. The molecular formula is C24H27N3O3. The number of fused-ring (bicyclic) bond motifs is 1. The van der Waals surface area contributed by atoms with E-state index in [1.54, 1.807) is 0 Å². The number of nitrogens with two attached hydrogens (primary N) is 1. The van der Waals surface area contributed by atoms with Gasteiger partial charge in [-0.3, -0.25) is 9.28 Å². The van der Waals surface area contributed by atoms with E-state index in [4.69, 9.17) is 5.73 Å². The quantitative estimate of drug-likeness (QED) is 0.654. The fraction of sp³-hybridized carbons (Fsp3) is 0.333. The van der Waals surface area contributed by atoms with Gasteiger partial charge in [-0.25, -0.2) is 0 Å². The van der Waals surface area contributed by atoms with Gasteiger partial charge in [-0.15, -0.1) is 0 Å². The Hall–Kier alpha value is -3.12. The number of H-pyrrole nitrogens is 1. The lowest BCUT2D eigenvalue weighted by molar-refractivity contribution is -0.909. The minimum Gasteiger partial charge on any atom is -0.498 e. The van der Waals surface area contributed by atoms with Crippen molar-refractivity contribution in [3.63, 3.8) is 0 Å². The lowest BCUT2D eigenvalue weighted by Crippen LogP contribution is -2.66. The van der Waals surface area contributed by atoms with Crippen molar-refractivity contribution >= 4 is 22.9 Å². The third kappa shape index (κ3) is 3.08. The summed E-state index contributed by atoms with van der Waals surface area (Å²) in [6.07, 6.45) is 1.60. The summed E-state index contributed by atoms with van der Waals surface area (Å²) in [4.78, 5) is 27.5. The second-order valence-corrected chi connectivity index (χ2v) is 9.22. The van der Waals surface area contributed by atoms with Crippen LogP contribution in [0.2, 0.25) is 0 Å². The molecule has 30 heavy (non-hydrogen) atoms. The van der Waals surface area contributed by atoms with E-state index in [0.717, 1.165) is 28.5 Å². The third-order valence-corrected chi connectivity index (χ3v) is 6.66. The SMILES string of the molecule is CC(C)(C)[N+]1(C(=O)[O-])CCC(c2c[nH]c3c(C(N)=O)cc(-c4ccccc4)cc23)C1. The van der Waals surface area contributed by atoms with Crippen LogP contribution in [-0.4, -0.2) is 40.1 Å². The number of likely N-dealkylation sites (tertiary alicyclic amines) is 1. The van der Waals surface area contributed by atoms with Gasteiger partial charge in [-0.2, -0.15) is 0 Å². The number of aromatic amines is 1. The summed E-state index contributed by atoms with van der Waals surface area (Å²) in [5, 5.41) is 13.0. The molecule has 3 N–H and O–H groups in total. The average molecular weight is 405 g/mol. The van der Waals surface area contributed by atoms with Gasteiger partial charge in [0.1, 0.15) is 0 Å². The molecule has 0 aliphatic carbocycles. The van der Waals surface area contributed by atoms with E-state index < -0.39 is 17.5 Å². The summed E-state index contributed by atoms with van der Waals surface area (Å²) in [6, 6.07) is 13.7. The Balaban J connectivity index is 1.84. The Morgan fingerprint density at radius 2 is 1.83 bits per heavy atom. The van der Waals surface area contributed by atoms with E-state index in [0.29, 0.717) is 24.2 Å². The van der Waals surface area contributed by atoms with E-state index in [1.165, 1.54) is 0 Å². The molecule has 0 bridgehead atoms. The number of nitrogens with one attached hydrogen (secondary N) is 1. The number of quaternary nitrogens is 1. The van der Waals surface area contributed by atoms with E-state index in [9.17, 15) is 14.7 Å². The fourth-order valence-electron chi connectivity index (χ4n) is 4.82. The zero-order chi connectivity index (χ0) is 21.7. The Morgan fingerprint density at radius 3 is 2.40 bits per heavy atom. The highest BCUT2D eigenvalue weighted by Crippen LogP contribution is 2.41. The number of nitrogens with zero attached hydrogens (tertiary/aromatic N) is 1. The lowest BCUT2D eigenvalue weighted by Gasteiger charge is -2.45. The molecule has 2 aromatic carbocycles. The third-order valence-electron chi connectivity index (χ3n) is 6.66. The number of amides is 2. The van der Waals surface area contributed by atoms with Crippen LogP contribution in [0.4, 0.5) is 4.79 Å². The van der Waals surface area contributed by atoms with Crippen LogP contribution in [-0.2, 0) is 0 Å². The number of carbonyl (C=O) groups is 2. The van der Waals surface area contributed by atoms with E-state index in [-0.39, 0.29) is 10.4 Å². The molecule has 2 unspecified atom stereocenters. The first kappa shape index (κ1) is 20.2. The number of aromatic nitrogens is 1. The Bertz CT molecular complexity index is 1130. The molecular weight excluding hydrogens is 378 g/mol. The molecule has 6 heteroatoms. The molecule has 2 atom stereocenters. The molecule has 1 aliphatic heterocycles. The van der Waals surface area contributed by atoms with E-state index >= 15 is 0 Å². The molecule has 0 saturated carbocycles. The van der Waals surface area contributed by atoms with Gasteiger partial charge < -0.3 is 20.6 Å². The molecule has 1 saturated heterocycles. The molecule has 1 fully saturated rings. The van der Waals surface area contributed by atoms with Crippen LogP contribution >= 0.6 is 0 Å². The summed E-state index contributed by atoms with van der Waals surface area (Å²) >= 11 is 0. The van der Waals surface area contributed by atoms with Gasteiger partial charge in [0.2, 0.25) is 0 Å². The number of rotatable bonds is 3. The maximum Gasteiger partial charge on any atom is 0.257 e. The van der Waals surface area contributed by atoms with Crippen LogP contribution in [0, 0.1) is 0 Å². The largest absolute Gasteiger partial charge is 0.498 e. The molecule has 2 heterocycles. The van der Waals surface area contributed by atoms with Crippen molar-refractivity contribution in [1.82, 2.24) is 4.98 Å². The Morgan fingerprint density at radius 1 is 1.13 bits per heavy atom. The standard InChI is InChI=1S/C24H27N3O3/c1-24(2,3)27(23(29)30)10-9-16(14-27)20-13-26-21-18(20)11-17(12-19(21)22(25)28)15-7-5-4-6-8-15/h4-8,11-13,16H,9-10,14H2,1-3H3,(H3-,25,26,28,29,30). The monoisotopic (exact) mass is 405 g/mol. The highest BCUT2D eigenvalue weighted by molar-refractivity contribution is 6.07. The molecule has 6 nitrogen and oxygen atoms in total. The van der Waals surface area contributed by atoms with Crippen molar-refractivity contribution in [2.45, 2.75) is 38.6 Å². The predicted molar refractivity (Wildman–Crippen MR) is 115 cm³/mol. The van der Waals surface area contributed by atoms with Crippen LogP contribution in [0.5, 0.6) is 0 Å². The highest BCUT2D eigenvalue weighted by Gasteiger charge is 2.49. The van der Waals surface area contributed by atoms with Gasteiger partial charge in [0.05, 0.1) is 29.7 Å². The van der Waals surface area contributed by atoms with Crippen LogP contribution in [0.3, 0.4) is 0 Å². The van der Waals surface area contributed by atoms with Crippen LogP contribution in [0.1, 0.15) is 49.0 Å². The minimum atomic E-state index is -1.03. The van der Waals surface area contributed by atoms with Gasteiger partial charge in [-0.1, -0.05) is 30.3 Å². The number of hydrogen-bond acceptors (Lipinski definition) is 3. The van der Waals surface area contributed by atoms with Gasteiger partial charge >= 0.3 is 0 Å². The minimum absolute atomic E-state index is 0.0441. The van der Waals surface area contributed by atoms with Gasteiger partial charge in [-0.05, 0) is 49.6 Å². The molecule has 1 aliphatic rings. The van der Waals surface area contributed by atoms with Crippen molar-refractivity contribution in [1.29, 1.82) is 0 Å². The number of primary amides is 1. The first-order valence-corrected chi connectivity index (χ1v) is 10.2. The predicted octanol–water partition coefficient (Wildman–Crippen LogP) is 3.38. The molecule has 1 aromatic heterocycles. The van der Waals surface area contributed by atoms with E-state index in [1.807, 2.05) is 63.4 Å². The first-order chi connectivity index (χ1) is 14.1. The van der Waals surface area contributed by atoms with Crippen LogP contribution < -0.4 is 10.8 Å².